The molecule has 0 bridgehead atoms. The third kappa shape index (κ3) is 9.96. The third-order valence-corrected chi connectivity index (χ3v) is 4.57. The van der Waals surface area contributed by atoms with Crippen LogP contribution in [0.2, 0.25) is 0 Å². The van der Waals surface area contributed by atoms with Gasteiger partial charge in [-0.2, -0.15) is 13.2 Å². The second kappa shape index (κ2) is 12.7. The molecule has 0 aromatic heterocycles. The van der Waals surface area contributed by atoms with Gasteiger partial charge in [-0.25, -0.2) is 0 Å². The van der Waals surface area contributed by atoms with Crippen molar-refractivity contribution in [3.8, 4) is 0 Å². The third-order valence-electron chi connectivity index (χ3n) is 4.57. The van der Waals surface area contributed by atoms with Crippen LogP contribution in [0.5, 0.6) is 0 Å². The van der Waals surface area contributed by atoms with E-state index in [-0.39, 0.29) is 11.8 Å². The van der Waals surface area contributed by atoms with Crippen molar-refractivity contribution in [1.29, 1.82) is 0 Å². The number of ether oxygens (including phenoxy) is 1. The number of aliphatic hydroxyl groups is 1. The van der Waals surface area contributed by atoms with Crippen LogP contribution < -0.4 is 5.32 Å². The molecule has 1 saturated heterocycles. The maximum atomic E-state index is 12.7. The molecule has 0 amide bonds. The summed E-state index contributed by atoms with van der Waals surface area (Å²) < 4.78 is 43.5. The number of rotatable bonds is 10. The molecule has 0 spiro atoms. The van der Waals surface area contributed by atoms with E-state index in [9.17, 15) is 18.3 Å². The lowest BCUT2D eigenvalue weighted by Crippen LogP contribution is -2.47. The maximum absolute atomic E-state index is 12.7. The van der Waals surface area contributed by atoms with Crippen molar-refractivity contribution in [2.75, 3.05) is 19.6 Å². The Morgan fingerprint density at radius 1 is 1.28 bits per heavy atom. The molecule has 0 aliphatic carbocycles. The topological polar surface area (TPSA) is 44.7 Å². The van der Waals surface area contributed by atoms with Gasteiger partial charge in [-0.3, -0.25) is 10.2 Å². The molecule has 7 heteroatoms. The van der Waals surface area contributed by atoms with Gasteiger partial charge < -0.3 is 9.84 Å². The van der Waals surface area contributed by atoms with Crippen LogP contribution in [0.15, 0.2) is 59.9 Å². The van der Waals surface area contributed by atoms with Gasteiger partial charge in [0.1, 0.15) is 5.76 Å². The highest BCUT2D eigenvalue weighted by atomic mass is 19.4. The standard InChI is InChI=1S/C22H33F3N2O2/c1-5-8-10-20(15-17(4)22(23,24)25)29-21(28)26-19-11-13-27(14-12-19)16-18(7-3)9-6-2/h6-10,15,19,21,26,28H,4-5,11-14,16H2,1-3H3/b9-6-,10-8-,18-7+,20-15+. The van der Waals surface area contributed by atoms with E-state index in [0.717, 1.165) is 38.6 Å². The van der Waals surface area contributed by atoms with Gasteiger partial charge in [-0.05, 0) is 63.9 Å². The highest BCUT2D eigenvalue weighted by Crippen LogP contribution is 2.26. The van der Waals surface area contributed by atoms with Crippen LogP contribution in [-0.4, -0.2) is 48.3 Å². The second-order valence-corrected chi connectivity index (χ2v) is 6.93. The van der Waals surface area contributed by atoms with Crippen molar-refractivity contribution in [1.82, 2.24) is 10.2 Å². The van der Waals surface area contributed by atoms with Gasteiger partial charge in [-0.1, -0.05) is 37.8 Å². The Hall–Kier alpha value is -1.83. The minimum Gasteiger partial charge on any atom is -0.451 e. The summed E-state index contributed by atoms with van der Waals surface area (Å²) in [6, 6.07) is 0.0271. The van der Waals surface area contributed by atoms with Crippen molar-refractivity contribution >= 4 is 0 Å². The van der Waals surface area contributed by atoms with E-state index in [0.29, 0.717) is 6.42 Å². The number of nitrogens with zero attached hydrogens (tertiary/aromatic N) is 1. The molecule has 29 heavy (non-hydrogen) atoms. The highest BCUT2D eigenvalue weighted by Gasteiger charge is 2.31. The Bertz CT molecular complexity index is 628. The fourth-order valence-electron chi connectivity index (χ4n) is 2.94. The van der Waals surface area contributed by atoms with Crippen molar-refractivity contribution in [3.05, 3.63) is 59.9 Å². The second-order valence-electron chi connectivity index (χ2n) is 6.93. The van der Waals surface area contributed by atoms with Crippen LogP contribution in [0, 0.1) is 0 Å². The van der Waals surface area contributed by atoms with Gasteiger partial charge in [0.25, 0.3) is 6.41 Å². The molecule has 0 saturated carbocycles. The number of aliphatic hydroxyl groups excluding tert-OH is 1. The average molecular weight is 415 g/mol. The first-order valence-electron chi connectivity index (χ1n) is 9.94. The average Bonchev–Trinajstić information content (AvgIpc) is 2.66. The number of likely N-dealkylation sites (tertiary alicyclic amines) is 1. The zero-order chi connectivity index (χ0) is 21.9. The van der Waals surface area contributed by atoms with Crippen LogP contribution >= 0.6 is 0 Å². The van der Waals surface area contributed by atoms with Gasteiger partial charge in [0.15, 0.2) is 0 Å². The number of piperidine rings is 1. The summed E-state index contributed by atoms with van der Waals surface area (Å²) in [7, 11) is 0. The first-order chi connectivity index (χ1) is 13.7. The Labute approximate surface area is 172 Å². The number of hydrogen-bond donors (Lipinski definition) is 2. The molecule has 164 valence electrons. The first-order valence-corrected chi connectivity index (χ1v) is 9.94. The van der Waals surface area contributed by atoms with Crippen molar-refractivity contribution in [2.45, 2.75) is 58.7 Å². The molecular weight excluding hydrogens is 381 g/mol. The summed E-state index contributed by atoms with van der Waals surface area (Å²) in [6.07, 6.45) is 6.37. The minimum atomic E-state index is -4.54. The maximum Gasteiger partial charge on any atom is 0.415 e. The number of allylic oxidation sites excluding steroid dienone is 6. The van der Waals surface area contributed by atoms with Gasteiger partial charge >= 0.3 is 6.18 Å². The lowest BCUT2D eigenvalue weighted by atomic mass is 10.0. The molecule has 1 aliphatic rings. The van der Waals surface area contributed by atoms with Crippen LogP contribution in [0.25, 0.3) is 0 Å². The summed E-state index contributed by atoms with van der Waals surface area (Å²) in [5.41, 5.74) is 0.222. The van der Waals surface area contributed by atoms with E-state index in [1.165, 1.54) is 11.6 Å². The normalized spacial score (nSPS) is 19.3. The number of alkyl halides is 3. The van der Waals surface area contributed by atoms with E-state index in [1.54, 1.807) is 6.08 Å². The predicted octanol–water partition coefficient (Wildman–Crippen LogP) is 4.82. The molecule has 1 aliphatic heterocycles. The van der Waals surface area contributed by atoms with E-state index < -0.39 is 18.2 Å². The van der Waals surface area contributed by atoms with Crippen molar-refractivity contribution in [2.24, 2.45) is 0 Å². The van der Waals surface area contributed by atoms with Crippen LogP contribution in [0.3, 0.4) is 0 Å². The van der Waals surface area contributed by atoms with Crippen LogP contribution in [0.4, 0.5) is 13.2 Å². The van der Waals surface area contributed by atoms with Gasteiger partial charge in [0.05, 0.1) is 5.57 Å². The largest absolute Gasteiger partial charge is 0.451 e. The van der Waals surface area contributed by atoms with Crippen LogP contribution in [0.1, 0.15) is 40.0 Å². The Balaban J connectivity index is 2.58. The Morgan fingerprint density at radius 2 is 1.93 bits per heavy atom. The summed E-state index contributed by atoms with van der Waals surface area (Å²) in [5, 5.41) is 13.1. The highest BCUT2D eigenvalue weighted by molar-refractivity contribution is 5.27. The molecule has 1 heterocycles. The molecule has 0 aromatic rings. The Kier molecular flexibility index (Phi) is 11.0. The molecule has 4 nitrogen and oxygen atoms in total. The lowest BCUT2D eigenvalue weighted by Gasteiger charge is -2.33. The fourth-order valence-corrected chi connectivity index (χ4v) is 2.94. The van der Waals surface area contributed by atoms with E-state index >= 15 is 0 Å². The van der Waals surface area contributed by atoms with Gasteiger partial charge in [0.2, 0.25) is 0 Å². The molecular formula is C22H33F3N2O2. The lowest BCUT2D eigenvalue weighted by molar-refractivity contribution is -0.0987. The van der Waals surface area contributed by atoms with E-state index in [2.05, 4.69) is 28.9 Å². The summed E-state index contributed by atoms with van der Waals surface area (Å²) >= 11 is 0. The molecule has 0 aromatic carbocycles. The quantitative estimate of drug-likeness (QED) is 0.306. The number of hydrogen-bond acceptors (Lipinski definition) is 4. The zero-order valence-corrected chi connectivity index (χ0v) is 17.5. The molecule has 1 unspecified atom stereocenters. The number of halogens is 3. The van der Waals surface area contributed by atoms with Crippen molar-refractivity contribution in [3.63, 3.8) is 0 Å². The monoisotopic (exact) mass is 414 g/mol. The summed E-state index contributed by atoms with van der Waals surface area (Å²) in [4.78, 5) is 2.34. The predicted molar refractivity (Wildman–Crippen MR) is 111 cm³/mol. The zero-order valence-electron chi connectivity index (χ0n) is 17.5. The van der Waals surface area contributed by atoms with Crippen LogP contribution in [-0.2, 0) is 4.74 Å². The number of nitrogens with one attached hydrogen (secondary N) is 1. The Morgan fingerprint density at radius 3 is 2.45 bits per heavy atom. The molecule has 0 radical (unpaired) electrons. The van der Waals surface area contributed by atoms with Gasteiger partial charge in [-0.15, -0.1) is 0 Å². The molecule has 2 N–H and O–H groups in total. The minimum absolute atomic E-state index is 0.0271. The molecule has 1 fully saturated rings. The fraction of sp³-hybridized carbons (Fsp3) is 0.545. The SMILES string of the molecule is C=C(/C=C(\C=C/CC)OC(O)NC1CCN(CC(/C=C\C)=C/C)CC1)C(F)(F)F. The summed E-state index contributed by atoms with van der Waals surface area (Å²) in [6.45, 7) is 11.5. The van der Waals surface area contributed by atoms with Crippen molar-refractivity contribution < 1.29 is 23.0 Å². The first kappa shape index (κ1) is 25.2. The van der Waals surface area contributed by atoms with Gasteiger partial charge in [0, 0.05) is 12.6 Å². The molecule has 1 rings (SSSR count). The van der Waals surface area contributed by atoms with E-state index in [4.69, 9.17) is 4.74 Å². The summed E-state index contributed by atoms with van der Waals surface area (Å²) in [5.74, 6) is -0.0873. The van der Waals surface area contributed by atoms with E-state index in [1.807, 2.05) is 26.8 Å². The molecule has 1 atom stereocenters. The smallest absolute Gasteiger partial charge is 0.415 e.